The van der Waals surface area contributed by atoms with Gasteiger partial charge in [0, 0.05) is 45.3 Å². The molecular weight excluding hydrogens is 406 g/mol. The molecule has 1 aliphatic rings. The van der Waals surface area contributed by atoms with Gasteiger partial charge in [-0.2, -0.15) is 0 Å². The first-order valence-electron chi connectivity index (χ1n) is 9.90. The van der Waals surface area contributed by atoms with Gasteiger partial charge in [0.15, 0.2) is 11.6 Å². The zero-order chi connectivity index (χ0) is 22.1. The van der Waals surface area contributed by atoms with Crippen molar-refractivity contribution >= 4 is 22.6 Å². The number of piperazine rings is 1. The van der Waals surface area contributed by atoms with E-state index < -0.39 is 17.2 Å². The van der Waals surface area contributed by atoms with E-state index in [0.29, 0.717) is 31.9 Å². The predicted molar refractivity (Wildman–Crippen MR) is 112 cm³/mol. The number of hydrogen-bond acceptors (Lipinski definition) is 6. The quantitative estimate of drug-likeness (QED) is 0.656. The smallest absolute Gasteiger partial charge is 0.269 e. The molecule has 0 atom stereocenters. The van der Waals surface area contributed by atoms with Crippen LogP contribution < -0.4 is 15.8 Å². The number of nitrogens with zero attached hydrogens (tertiary/aromatic N) is 4. The summed E-state index contributed by atoms with van der Waals surface area (Å²) in [5.74, 6) is -1.56. The second kappa shape index (κ2) is 8.38. The van der Waals surface area contributed by atoms with Crippen molar-refractivity contribution in [2.75, 3.05) is 38.1 Å². The number of rotatable bonds is 4. The van der Waals surface area contributed by atoms with Gasteiger partial charge in [0.25, 0.3) is 11.5 Å². The number of aryl methyl sites for hydroxylation is 1. The lowest BCUT2D eigenvalue weighted by molar-refractivity contribution is 0.0958. The summed E-state index contributed by atoms with van der Waals surface area (Å²) in [7, 11) is 1.55. The second-order valence-corrected chi connectivity index (χ2v) is 7.45. The van der Waals surface area contributed by atoms with Crippen LogP contribution in [-0.4, -0.2) is 59.0 Å². The number of halogens is 2. The molecule has 3 aromatic rings. The summed E-state index contributed by atoms with van der Waals surface area (Å²) < 4.78 is 29.4. The molecule has 0 spiro atoms. The van der Waals surface area contributed by atoms with Crippen molar-refractivity contribution in [3.05, 3.63) is 63.3 Å². The Kier molecular flexibility index (Phi) is 5.64. The van der Waals surface area contributed by atoms with Gasteiger partial charge in [-0.1, -0.05) is 0 Å². The Morgan fingerprint density at radius 1 is 1.23 bits per heavy atom. The first kappa shape index (κ1) is 20.9. The van der Waals surface area contributed by atoms with Gasteiger partial charge in [0.1, 0.15) is 22.4 Å². The Morgan fingerprint density at radius 3 is 2.61 bits per heavy atom. The van der Waals surface area contributed by atoms with E-state index in [-0.39, 0.29) is 34.7 Å². The monoisotopic (exact) mass is 428 g/mol. The molecule has 0 unspecified atom stereocenters. The van der Waals surface area contributed by atoms with Crippen molar-refractivity contribution < 1.29 is 13.6 Å². The third kappa shape index (κ3) is 4.11. The van der Waals surface area contributed by atoms with E-state index in [2.05, 4.69) is 25.2 Å². The molecule has 1 aliphatic heterocycles. The van der Waals surface area contributed by atoms with Gasteiger partial charge >= 0.3 is 0 Å². The fourth-order valence-corrected chi connectivity index (χ4v) is 3.67. The molecule has 1 amide bonds. The van der Waals surface area contributed by atoms with Crippen LogP contribution in [0.25, 0.3) is 11.0 Å². The Hall–Kier alpha value is -3.40. The van der Waals surface area contributed by atoms with Crippen LogP contribution in [0.15, 0.2) is 29.2 Å². The summed E-state index contributed by atoms with van der Waals surface area (Å²) in [6.45, 7) is 4.30. The van der Waals surface area contributed by atoms with E-state index >= 15 is 0 Å². The third-order valence-corrected chi connectivity index (χ3v) is 5.45. The van der Waals surface area contributed by atoms with Gasteiger partial charge in [-0.15, -0.1) is 0 Å². The highest BCUT2D eigenvalue weighted by Gasteiger charge is 2.21. The number of benzene rings is 1. The molecule has 1 aromatic carbocycles. The highest BCUT2D eigenvalue weighted by Crippen LogP contribution is 2.23. The van der Waals surface area contributed by atoms with Crippen LogP contribution in [0, 0.1) is 18.6 Å². The SMILES string of the molecule is CNC(=O)c1ccc(N2CCN(Cc3cc(F)c4nc(C)c(=O)[nH]c4c3F)CC2)cn1. The summed E-state index contributed by atoms with van der Waals surface area (Å²) in [6.07, 6.45) is 1.66. The molecule has 4 rings (SSSR count). The van der Waals surface area contributed by atoms with E-state index in [0.717, 1.165) is 11.8 Å². The first-order valence-corrected chi connectivity index (χ1v) is 9.90. The van der Waals surface area contributed by atoms with Gasteiger partial charge < -0.3 is 15.2 Å². The van der Waals surface area contributed by atoms with E-state index in [9.17, 15) is 18.4 Å². The number of aromatic amines is 1. The Labute approximate surface area is 176 Å². The number of hydrogen-bond donors (Lipinski definition) is 2. The maximum absolute atomic E-state index is 14.9. The molecule has 10 heteroatoms. The zero-order valence-electron chi connectivity index (χ0n) is 17.2. The minimum atomic E-state index is -0.660. The molecule has 2 aromatic heterocycles. The summed E-state index contributed by atoms with van der Waals surface area (Å²) in [5.41, 5.74) is 0.606. The van der Waals surface area contributed by atoms with Crippen LogP contribution in [0.5, 0.6) is 0 Å². The highest BCUT2D eigenvalue weighted by molar-refractivity contribution is 5.92. The largest absolute Gasteiger partial charge is 0.368 e. The molecule has 0 radical (unpaired) electrons. The average molecular weight is 428 g/mol. The molecule has 8 nitrogen and oxygen atoms in total. The standard InChI is InChI=1S/C21H22F2N6O2/c1-12-20(30)27-19-17(23)13(9-15(22)18(19)26-12)11-28-5-7-29(8-6-28)14-3-4-16(25-10-14)21(31)24-2/h3-4,9-10H,5-8,11H2,1-2H3,(H,24,31)(H,27,30). The fraction of sp³-hybridized carbons (Fsp3) is 0.333. The number of fused-ring (bicyclic) bond motifs is 1. The lowest BCUT2D eigenvalue weighted by atomic mass is 10.1. The van der Waals surface area contributed by atoms with E-state index in [1.807, 2.05) is 11.0 Å². The van der Waals surface area contributed by atoms with Crippen LogP contribution in [0.1, 0.15) is 21.7 Å². The maximum atomic E-state index is 14.9. The third-order valence-electron chi connectivity index (χ3n) is 5.45. The van der Waals surface area contributed by atoms with Gasteiger partial charge in [0.05, 0.1) is 11.9 Å². The van der Waals surface area contributed by atoms with Crippen molar-refractivity contribution in [2.24, 2.45) is 0 Å². The first-order chi connectivity index (χ1) is 14.9. The topological polar surface area (TPSA) is 94.2 Å². The molecule has 0 aliphatic carbocycles. The fourth-order valence-electron chi connectivity index (χ4n) is 3.67. The second-order valence-electron chi connectivity index (χ2n) is 7.45. The Bertz CT molecular complexity index is 1190. The number of amides is 1. The molecule has 3 heterocycles. The predicted octanol–water partition coefficient (Wildman–Crippen LogP) is 1.59. The van der Waals surface area contributed by atoms with E-state index in [1.54, 1.807) is 19.3 Å². The molecule has 1 fully saturated rings. The number of anilines is 1. The minimum Gasteiger partial charge on any atom is -0.368 e. The lowest BCUT2D eigenvalue weighted by Crippen LogP contribution is -2.46. The van der Waals surface area contributed by atoms with Crippen molar-refractivity contribution in [3.63, 3.8) is 0 Å². The molecular formula is C21H22F2N6O2. The van der Waals surface area contributed by atoms with Crippen LogP contribution in [0.4, 0.5) is 14.5 Å². The van der Waals surface area contributed by atoms with Gasteiger partial charge in [-0.3, -0.25) is 14.5 Å². The number of carbonyl (C=O) groups is 1. The van der Waals surface area contributed by atoms with Crippen LogP contribution >= 0.6 is 0 Å². The number of pyridine rings is 1. The van der Waals surface area contributed by atoms with Crippen molar-refractivity contribution in [1.82, 2.24) is 25.2 Å². The summed E-state index contributed by atoms with van der Waals surface area (Å²) in [6, 6.07) is 4.66. The maximum Gasteiger partial charge on any atom is 0.269 e. The number of H-pyrrole nitrogens is 1. The van der Waals surface area contributed by atoms with Gasteiger partial charge in [-0.05, 0) is 25.1 Å². The van der Waals surface area contributed by atoms with E-state index in [4.69, 9.17) is 0 Å². The van der Waals surface area contributed by atoms with Crippen molar-refractivity contribution in [1.29, 1.82) is 0 Å². The highest BCUT2D eigenvalue weighted by atomic mass is 19.1. The van der Waals surface area contributed by atoms with E-state index in [1.165, 1.54) is 6.92 Å². The number of nitrogens with one attached hydrogen (secondary N) is 2. The molecule has 0 bridgehead atoms. The minimum absolute atomic E-state index is 0.0903. The van der Waals surface area contributed by atoms with Gasteiger partial charge in [0.2, 0.25) is 0 Å². The Morgan fingerprint density at radius 2 is 1.97 bits per heavy atom. The van der Waals surface area contributed by atoms with Crippen LogP contribution in [0.3, 0.4) is 0 Å². The molecule has 2 N–H and O–H groups in total. The van der Waals surface area contributed by atoms with Crippen molar-refractivity contribution in [3.8, 4) is 0 Å². The summed E-state index contributed by atoms with van der Waals surface area (Å²) >= 11 is 0. The number of aromatic nitrogens is 3. The summed E-state index contributed by atoms with van der Waals surface area (Å²) in [5, 5.41) is 2.53. The Balaban J connectivity index is 1.46. The normalized spacial score (nSPS) is 14.8. The average Bonchev–Trinajstić information content (AvgIpc) is 2.78. The number of carbonyl (C=O) groups excluding carboxylic acids is 1. The zero-order valence-corrected chi connectivity index (χ0v) is 17.2. The van der Waals surface area contributed by atoms with Gasteiger partial charge in [-0.25, -0.2) is 18.7 Å². The molecule has 1 saturated heterocycles. The molecule has 31 heavy (non-hydrogen) atoms. The van der Waals surface area contributed by atoms with Crippen LogP contribution in [0.2, 0.25) is 0 Å². The lowest BCUT2D eigenvalue weighted by Gasteiger charge is -2.36. The van der Waals surface area contributed by atoms with Crippen LogP contribution in [-0.2, 0) is 6.54 Å². The van der Waals surface area contributed by atoms with Crippen molar-refractivity contribution in [2.45, 2.75) is 13.5 Å². The molecule has 162 valence electrons. The molecule has 0 saturated carbocycles. The summed E-state index contributed by atoms with van der Waals surface area (Å²) in [4.78, 5) is 38.0.